The van der Waals surface area contributed by atoms with Crippen LogP contribution in [0, 0.1) is 0 Å². The highest BCUT2D eigenvalue weighted by Crippen LogP contribution is 2.25. The highest BCUT2D eigenvalue weighted by Gasteiger charge is 2.34. The molecular formula is C14H31N3O. The molecule has 3 N–H and O–H groups in total. The average Bonchev–Trinajstić information content (AvgIpc) is 2.63. The molecule has 0 saturated carbocycles. The van der Waals surface area contributed by atoms with Crippen LogP contribution in [0.4, 0.5) is 0 Å². The van der Waals surface area contributed by atoms with Gasteiger partial charge in [-0.1, -0.05) is 12.8 Å². The highest BCUT2D eigenvalue weighted by atomic mass is 16.5. The van der Waals surface area contributed by atoms with Gasteiger partial charge < -0.3 is 4.74 Å². The van der Waals surface area contributed by atoms with Crippen LogP contribution in [0.25, 0.3) is 0 Å². The van der Waals surface area contributed by atoms with Crippen LogP contribution in [0.3, 0.4) is 0 Å². The molecule has 4 heteroatoms. The lowest BCUT2D eigenvalue weighted by Gasteiger charge is -2.43. The number of likely N-dealkylation sites (tertiary alicyclic amines) is 1. The minimum Gasteiger partial charge on any atom is -0.385 e. The second kappa shape index (κ2) is 8.10. The first-order valence-electron chi connectivity index (χ1n) is 7.33. The maximum atomic E-state index is 5.77. The molecule has 0 radical (unpaired) electrons. The fraction of sp³-hybridized carbons (Fsp3) is 1.00. The van der Waals surface area contributed by atoms with Crippen LogP contribution >= 0.6 is 0 Å². The number of hydrogen-bond donors (Lipinski definition) is 2. The molecular weight excluding hydrogens is 226 g/mol. The van der Waals surface area contributed by atoms with Crippen molar-refractivity contribution in [2.24, 2.45) is 5.84 Å². The monoisotopic (exact) mass is 257 g/mol. The van der Waals surface area contributed by atoms with Gasteiger partial charge in [0.15, 0.2) is 0 Å². The molecule has 1 rings (SSSR count). The van der Waals surface area contributed by atoms with Gasteiger partial charge in [-0.25, -0.2) is 0 Å². The van der Waals surface area contributed by atoms with Gasteiger partial charge in [0.05, 0.1) is 0 Å². The first kappa shape index (κ1) is 15.9. The zero-order valence-corrected chi connectivity index (χ0v) is 12.4. The van der Waals surface area contributed by atoms with E-state index in [4.69, 9.17) is 10.6 Å². The molecule has 4 nitrogen and oxygen atoms in total. The van der Waals surface area contributed by atoms with Crippen LogP contribution in [0.1, 0.15) is 52.4 Å². The van der Waals surface area contributed by atoms with E-state index in [1.807, 2.05) is 0 Å². The number of hydrogen-bond acceptors (Lipinski definition) is 4. The van der Waals surface area contributed by atoms with Crippen molar-refractivity contribution in [2.45, 2.75) is 64.0 Å². The second-order valence-corrected chi connectivity index (χ2v) is 5.91. The van der Waals surface area contributed by atoms with Gasteiger partial charge in [0.25, 0.3) is 0 Å². The number of methoxy groups -OCH3 is 1. The van der Waals surface area contributed by atoms with Gasteiger partial charge in [0.1, 0.15) is 0 Å². The van der Waals surface area contributed by atoms with E-state index in [9.17, 15) is 0 Å². The van der Waals surface area contributed by atoms with Crippen LogP contribution in [0.2, 0.25) is 0 Å². The maximum Gasteiger partial charge on any atom is 0.0462 e. The Labute approximate surface area is 112 Å². The van der Waals surface area contributed by atoms with Crippen molar-refractivity contribution in [1.29, 1.82) is 0 Å². The van der Waals surface area contributed by atoms with E-state index >= 15 is 0 Å². The van der Waals surface area contributed by atoms with E-state index in [1.54, 1.807) is 7.11 Å². The third-order valence-corrected chi connectivity index (χ3v) is 4.32. The molecule has 108 valence electrons. The zero-order valence-electron chi connectivity index (χ0n) is 12.4. The summed E-state index contributed by atoms with van der Waals surface area (Å²) in [5, 5.41) is 0. The number of nitrogens with one attached hydrogen (secondary N) is 1. The van der Waals surface area contributed by atoms with Crippen molar-refractivity contribution in [3.63, 3.8) is 0 Å². The Hall–Kier alpha value is -0.160. The smallest absolute Gasteiger partial charge is 0.0462 e. The zero-order chi connectivity index (χ0) is 13.4. The van der Waals surface area contributed by atoms with E-state index in [0.717, 1.165) is 19.4 Å². The van der Waals surface area contributed by atoms with Crippen molar-refractivity contribution in [2.75, 3.05) is 26.8 Å². The van der Waals surface area contributed by atoms with Gasteiger partial charge in [-0.3, -0.25) is 16.2 Å². The molecule has 0 amide bonds. The number of nitrogens with two attached hydrogens (primary N) is 1. The Morgan fingerprint density at radius 1 is 1.22 bits per heavy atom. The Morgan fingerprint density at radius 2 is 1.83 bits per heavy atom. The van der Waals surface area contributed by atoms with E-state index in [-0.39, 0.29) is 5.54 Å². The molecule has 0 spiro atoms. The van der Waals surface area contributed by atoms with Crippen LogP contribution in [0.5, 0.6) is 0 Å². The van der Waals surface area contributed by atoms with E-state index < -0.39 is 0 Å². The Kier molecular flexibility index (Phi) is 7.15. The summed E-state index contributed by atoms with van der Waals surface area (Å²) < 4.78 is 5.13. The fourth-order valence-electron chi connectivity index (χ4n) is 2.94. The summed E-state index contributed by atoms with van der Waals surface area (Å²) in [4.78, 5) is 2.61. The van der Waals surface area contributed by atoms with E-state index in [2.05, 4.69) is 24.2 Å². The minimum absolute atomic E-state index is 0.118. The number of rotatable bonds is 7. The lowest BCUT2D eigenvalue weighted by atomic mass is 9.89. The topological polar surface area (TPSA) is 50.5 Å². The molecule has 1 fully saturated rings. The quantitative estimate of drug-likeness (QED) is 0.415. The van der Waals surface area contributed by atoms with Crippen LogP contribution < -0.4 is 11.3 Å². The molecule has 0 aromatic carbocycles. The predicted octanol–water partition coefficient (Wildman–Crippen LogP) is 1.90. The number of ether oxygens (including phenoxy) is 1. The third-order valence-electron chi connectivity index (χ3n) is 4.32. The first-order chi connectivity index (χ1) is 8.62. The van der Waals surface area contributed by atoms with Gasteiger partial charge in [-0.15, -0.1) is 0 Å². The van der Waals surface area contributed by atoms with Crippen molar-refractivity contribution >= 4 is 0 Å². The van der Waals surface area contributed by atoms with Crippen molar-refractivity contribution in [1.82, 2.24) is 10.3 Å². The van der Waals surface area contributed by atoms with E-state index in [1.165, 1.54) is 38.8 Å². The first-order valence-corrected chi connectivity index (χ1v) is 7.33. The largest absolute Gasteiger partial charge is 0.385 e. The number of hydrazine groups is 1. The van der Waals surface area contributed by atoms with Crippen LogP contribution in [-0.2, 0) is 4.74 Å². The van der Waals surface area contributed by atoms with Gasteiger partial charge in [-0.2, -0.15) is 0 Å². The van der Waals surface area contributed by atoms with Gasteiger partial charge in [0, 0.05) is 25.3 Å². The lowest BCUT2D eigenvalue weighted by molar-refractivity contribution is 0.0749. The number of nitrogens with zero attached hydrogens (tertiary/aromatic N) is 1. The summed E-state index contributed by atoms with van der Waals surface area (Å²) in [5.74, 6) is 5.77. The lowest BCUT2D eigenvalue weighted by Crippen LogP contribution is -2.59. The summed E-state index contributed by atoms with van der Waals surface area (Å²) >= 11 is 0. The molecule has 1 saturated heterocycles. The molecule has 0 bridgehead atoms. The predicted molar refractivity (Wildman–Crippen MR) is 76.3 cm³/mol. The molecule has 1 aliphatic rings. The molecule has 1 atom stereocenters. The second-order valence-electron chi connectivity index (χ2n) is 5.91. The SMILES string of the molecule is COCCCC(NN)C(C)(C)N1CCCCCC1. The standard InChI is InChI=1S/C14H31N3O/c1-14(2,13(16-15)9-8-12-18-3)17-10-6-4-5-7-11-17/h13,16H,4-12,15H2,1-3H3. The molecule has 0 aromatic heterocycles. The molecule has 1 aliphatic heterocycles. The van der Waals surface area contributed by atoms with Crippen LogP contribution in [0.15, 0.2) is 0 Å². The normalized spacial score (nSPS) is 20.7. The Bertz CT molecular complexity index is 213. The molecule has 1 unspecified atom stereocenters. The summed E-state index contributed by atoms with van der Waals surface area (Å²) in [6, 6.07) is 0.325. The highest BCUT2D eigenvalue weighted by molar-refractivity contribution is 4.93. The third kappa shape index (κ3) is 4.50. The molecule has 0 aliphatic carbocycles. The van der Waals surface area contributed by atoms with Gasteiger partial charge in [-0.05, 0) is 52.6 Å². The fourth-order valence-corrected chi connectivity index (χ4v) is 2.94. The minimum atomic E-state index is 0.118. The molecule has 0 aromatic rings. The van der Waals surface area contributed by atoms with Gasteiger partial charge in [0.2, 0.25) is 0 Å². The molecule has 1 heterocycles. The van der Waals surface area contributed by atoms with Crippen molar-refractivity contribution in [3.8, 4) is 0 Å². The van der Waals surface area contributed by atoms with Gasteiger partial charge >= 0.3 is 0 Å². The average molecular weight is 257 g/mol. The summed E-state index contributed by atoms with van der Waals surface area (Å²) in [6.45, 7) is 7.85. The summed E-state index contributed by atoms with van der Waals surface area (Å²) in [6.07, 6.45) is 7.50. The molecule has 18 heavy (non-hydrogen) atoms. The van der Waals surface area contributed by atoms with Crippen molar-refractivity contribution in [3.05, 3.63) is 0 Å². The van der Waals surface area contributed by atoms with E-state index in [0.29, 0.717) is 6.04 Å². The Balaban J connectivity index is 2.55. The van der Waals surface area contributed by atoms with Crippen LogP contribution in [-0.4, -0.2) is 43.3 Å². The van der Waals surface area contributed by atoms with Crippen molar-refractivity contribution < 1.29 is 4.74 Å². The summed E-state index contributed by atoms with van der Waals surface area (Å²) in [5.41, 5.74) is 3.14. The Morgan fingerprint density at radius 3 is 2.33 bits per heavy atom. The summed E-state index contributed by atoms with van der Waals surface area (Å²) in [7, 11) is 1.75. The maximum absolute atomic E-state index is 5.77.